The van der Waals surface area contributed by atoms with E-state index in [1.54, 1.807) is 0 Å². The van der Waals surface area contributed by atoms with Crippen LogP contribution in [0.3, 0.4) is 0 Å². The quantitative estimate of drug-likeness (QED) is 0.844. The monoisotopic (exact) mass is 371 g/mol. The zero-order valence-corrected chi connectivity index (χ0v) is 17.0. The van der Waals surface area contributed by atoms with E-state index in [0.717, 1.165) is 42.2 Å². The van der Waals surface area contributed by atoms with Gasteiger partial charge in [0.2, 0.25) is 0 Å². The molecule has 148 valence electrons. The van der Waals surface area contributed by atoms with Crippen molar-refractivity contribution in [3.63, 3.8) is 0 Å². The zero-order chi connectivity index (χ0) is 19.0. The Kier molecular flexibility index (Phi) is 5.15. The average Bonchev–Trinajstić information content (AvgIpc) is 2.99. The summed E-state index contributed by atoms with van der Waals surface area (Å²) in [6.07, 6.45) is 10.0. The summed E-state index contributed by atoms with van der Waals surface area (Å²) in [7, 11) is 0. The summed E-state index contributed by atoms with van der Waals surface area (Å²) in [4.78, 5) is 20.2. The maximum absolute atomic E-state index is 12.5. The molecule has 0 unspecified atom stereocenters. The van der Waals surface area contributed by atoms with Crippen LogP contribution in [0.2, 0.25) is 0 Å². The Morgan fingerprint density at radius 2 is 1.89 bits per heavy atom. The number of H-pyrrole nitrogens is 1. The van der Waals surface area contributed by atoms with Crippen molar-refractivity contribution in [2.45, 2.75) is 84.3 Å². The van der Waals surface area contributed by atoms with Crippen molar-refractivity contribution in [2.24, 2.45) is 11.3 Å². The number of nitrogens with one attached hydrogen (secondary N) is 1. The number of imidazole rings is 1. The van der Waals surface area contributed by atoms with Crippen molar-refractivity contribution in [1.29, 1.82) is 0 Å². The van der Waals surface area contributed by atoms with Gasteiger partial charge < -0.3 is 9.72 Å². The Morgan fingerprint density at radius 1 is 1.19 bits per heavy atom. The maximum Gasteiger partial charge on any atom is 0.327 e. The molecule has 27 heavy (non-hydrogen) atoms. The van der Waals surface area contributed by atoms with Crippen molar-refractivity contribution in [1.82, 2.24) is 14.5 Å². The topological polar surface area (TPSA) is 59.9 Å². The summed E-state index contributed by atoms with van der Waals surface area (Å²) in [6.45, 7) is 7.40. The Labute approximate surface area is 161 Å². The van der Waals surface area contributed by atoms with Gasteiger partial charge in [-0.05, 0) is 88.7 Å². The van der Waals surface area contributed by atoms with E-state index in [1.807, 2.05) is 23.6 Å². The van der Waals surface area contributed by atoms with Gasteiger partial charge in [-0.2, -0.15) is 0 Å². The predicted molar refractivity (Wildman–Crippen MR) is 108 cm³/mol. The second kappa shape index (κ2) is 7.42. The Morgan fingerprint density at radius 3 is 2.56 bits per heavy atom. The lowest BCUT2D eigenvalue weighted by Gasteiger charge is -2.45. The molecule has 2 aromatic rings. The second-order valence-electron chi connectivity index (χ2n) is 8.94. The first-order valence-corrected chi connectivity index (χ1v) is 10.7. The second-order valence-corrected chi connectivity index (χ2v) is 8.94. The van der Waals surface area contributed by atoms with Crippen LogP contribution in [0.4, 0.5) is 0 Å². The van der Waals surface area contributed by atoms with Crippen LogP contribution >= 0.6 is 0 Å². The predicted octanol–water partition coefficient (Wildman–Crippen LogP) is 4.75. The smallest absolute Gasteiger partial charge is 0.327 e. The Balaban J connectivity index is 1.45. The molecule has 5 heteroatoms. The number of aromatic amines is 1. The van der Waals surface area contributed by atoms with Crippen molar-refractivity contribution < 1.29 is 4.74 Å². The fraction of sp³-hybridized carbons (Fsp3) is 0.727. The summed E-state index contributed by atoms with van der Waals surface area (Å²) < 4.78 is 7.77. The van der Waals surface area contributed by atoms with Crippen LogP contribution in [0.5, 0.6) is 0 Å². The first-order valence-electron chi connectivity index (χ1n) is 10.7. The molecule has 0 aromatic carbocycles. The molecule has 0 aliphatic heterocycles. The van der Waals surface area contributed by atoms with Crippen LogP contribution in [0.1, 0.15) is 76.9 Å². The molecule has 0 saturated heterocycles. The first-order chi connectivity index (χ1) is 13.0. The van der Waals surface area contributed by atoms with Gasteiger partial charge in [0.15, 0.2) is 5.65 Å². The SMILES string of the molecule is CCO[C@H]1CC[C@](C)(C2CCC(n3c(=O)[nH]c4ccc(C)nc43)CC2)CC1. The van der Waals surface area contributed by atoms with Crippen LogP contribution in [-0.2, 0) is 4.74 Å². The fourth-order valence-corrected chi connectivity index (χ4v) is 5.53. The van der Waals surface area contributed by atoms with E-state index in [0.29, 0.717) is 11.5 Å². The standard InChI is InChI=1S/C22H33N3O2/c1-4-27-18-11-13-22(3,14-12-18)16-6-8-17(9-7-16)25-20-19(24-21(25)26)10-5-15(2)23-20/h5,10,16-18H,4,6-9,11-14H2,1-3H3,(H,24,26)/t16?,17?,18-,22-. The van der Waals surface area contributed by atoms with Gasteiger partial charge in [0.25, 0.3) is 0 Å². The Bertz CT molecular complexity index is 837. The van der Waals surface area contributed by atoms with Gasteiger partial charge in [0, 0.05) is 18.3 Å². The van der Waals surface area contributed by atoms with Gasteiger partial charge >= 0.3 is 5.69 Å². The highest BCUT2D eigenvalue weighted by atomic mass is 16.5. The minimum atomic E-state index is -0.00464. The van der Waals surface area contributed by atoms with E-state index >= 15 is 0 Å². The molecule has 0 bridgehead atoms. The van der Waals surface area contributed by atoms with Gasteiger partial charge in [0.05, 0.1) is 11.6 Å². The van der Waals surface area contributed by atoms with Crippen molar-refractivity contribution in [3.8, 4) is 0 Å². The molecule has 4 rings (SSSR count). The highest BCUT2D eigenvalue weighted by Crippen LogP contribution is 2.49. The average molecular weight is 372 g/mol. The van der Waals surface area contributed by atoms with Gasteiger partial charge in [-0.25, -0.2) is 9.78 Å². The lowest BCUT2D eigenvalue weighted by Crippen LogP contribution is -2.37. The molecule has 5 nitrogen and oxygen atoms in total. The third-order valence-corrected chi connectivity index (χ3v) is 7.23. The molecule has 0 radical (unpaired) electrons. The zero-order valence-electron chi connectivity index (χ0n) is 17.0. The summed E-state index contributed by atoms with van der Waals surface area (Å²) in [6, 6.07) is 4.21. The van der Waals surface area contributed by atoms with Crippen LogP contribution in [0.15, 0.2) is 16.9 Å². The number of fused-ring (bicyclic) bond motifs is 1. The number of nitrogens with zero attached hydrogens (tertiary/aromatic N) is 2. The minimum absolute atomic E-state index is 0.00464. The van der Waals surface area contributed by atoms with Gasteiger partial charge in [-0.3, -0.25) is 4.57 Å². The van der Waals surface area contributed by atoms with Crippen molar-refractivity contribution in [3.05, 3.63) is 28.3 Å². The van der Waals surface area contributed by atoms with Crippen LogP contribution in [0, 0.1) is 18.3 Å². The molecular weight excluding hydrogens is 338 g/mol. The number of pyridine rings is 1. The number of hydrogen-bond acceptors (Lipinski definition) is 3. The molecule has 1 N–H and O–H groups in total. The number of aromatic nitrogens is 3. The van der Waals surface area contributed by atoms with E-state index in [2.05, 4.69) is 23.8 Å². The number of ether oxygens (including phenoxy) is 1. The molecular formula is C22H33N3O2. The van der Waals surface area contributed by atoms with Gasteiger partial charge in [-0.1, -0.05) is 6.92 Å². The molecule has 2 aliphatic rings. The molecule has 2 aromatic heterocycles. The summed E-state index contributed by atoms with van der Waals surface area (Å²) in [5.74, 6) is 0.770. The van der Waals surface area contributed by atoms with E-state index in [1.165, 1.54) is 38.5 Å². The van der Waals surface area contributed by atoms with Gasteiger partial charge in [0.1, 0.15) is 0 Å². The first kappa shape index (κ1) is 18.7. The minimum Gasteiger partial charge on any atom is -0.379 e. The summed E-state index contributed by atoms with van der Waals surface area (Å²) in [5, 5.41) is 0. The number of rotatable bonds is 4. The normalized spacial score (nSPS) is 32.0. The van der Waals surface area contributed by atoms with Gasteiger partial charge in [-0.15, -0.1) is 0 Å². The molecule has 0 amide bonds. The molecule has 0 atom stereocenters. The molecule has 2 saturated carbocycles. The van der Waals surface area contributed by atoms with Crippen LogP contribution in [0.25, 0.3) is 11.2 Å². The highest BCUT2D eigenvalue weighted by molar-refractivity contribution is 5.70. The van der Waals surface area contributed by atoms with Crippen molar-refractivity contribution in [2.75, 3.05) is 6.61 Å². The molecule has 2 aliphatic carbocycles. The Hall–Kier alpha value is -1.62. The molecule has 0 spiro atoms. The highest BCUT2D eigenvalue weighted by Gasteiger charge is 2.40. The van der Waals surface area contributed by atoms with Crippen LogP contribution < -0.4 is 5.69 Å². The van der Waals surface area contributed by atoms with E-state index < -0.39 is 0 Å². The number of hydrogen-bond donors (Lipinski definition) is 1. The number of aryl methyl sites for hydroxylation is 1. The third-order valence-electron chi connectivity index (χ3n) is 7.23. The fourth-order valence-electron chi connectivity index (χ4n) is 5.53. The largest absolute Gasteiger partial charge is 0.379 e. The third kappa shape index (κ3) is 3.58. The van der Waals surface area contributed by atoms with Crippen LogP contribution in [-0.4, -0.2) is 27.2 Å². The lowest BCUT2D eigenvalue weighted by molar-refractivity contribution is -0.0192. The summed E-state index contributed by atoms with van der Waals surface area (Å²) in [5.41, 5.74) is 3.08. The van der Waals surface area contributed by atoms with E-state index in [4.69, 9.17) is 4.74 Å². The molecule has 2 heterocycles. The van der Waals surface area contributed by atoms with Crippen molar-refractivity contribution >= 4 is 11.2 Å². The summed E-state index contributed by atoms with van der Waals surface area (Å²) >= 11 is 0. The van der Waals surface area contributed by atoms with E-state index in [9.17, 15) is 4.79 Å². The maximum atomic E-state index is 12.5. The van der Waals surface area contributed by atoms with E-state index in [-0.39, 0.29) is 11.7 Å². The lowest BCUT2D eigenvalue weighted by atomic mass is 9.62. The molecule has 2 fully saturated rings.